The van der Waals surface area contributed by atoms with Gasteiger partial charge in [0.05, 0.1) is 6.61 Å². The van der Waals surface area contributed by atoms with Crippen LogP contribution in [0.2, 0.25) is 0 Å². The molecule has 2 heteroatoms. The summed E-state index contributed by atoms with van der Waals surface area (Å²) in [5.41, 5.74) is 1.89. The highest BCUT2D eigenvalue weighted by atomic mass is 16.5. The monoisotopic (exact) mass is 259 g/mol. The molecule has 2 aliphatic rings. The zero-order valence-electron chi connectivity index (χ0n) is 12.1. The average molecular weight is 259 g/mol. The maximum atomic E-state index is 5.74. The van der Waals surface area contributed by atoms with Gasteiger partial charge in [-0.15, -0.1) is 0 Å². The highest BCUT2D eigenvalue weighted by molar-refractivity contribution is 5.37. The van der Waals surface area contributed by atoms with E-state index in [0.717, 1.165) is 18.8 Å². The predicted molar refractivity (Wildman–Crippen MR) is 78.5 cm³/mol. The lowest BCUT2D eigenvalue weighted by Gasteiger charge is -2.37. The van der Waals surface area contributed by atoms with Gasteiger partial charge in [-0.05, 0) is 37.2 Å². The van der Waals surface area contributed by atoms with E-state index < -0.39 is 0 Å². The third-order valence-electron chi connectivity index (χ3n) is 4.73. The molecule has 1 aliphatic heterocycles. The van der Waals surface area contributed by atoms with Crippen LogP contribution in [-0.2, 0) is 0 Å². The van der Waals surface area contributed by atoms with Gasteiger partial charge in [0, 0.05) is 24.1 Å². The van der Waals surface area contributed by atoms with Crippen LogP contribution < -0.4 is 10.1 Å². The predicted octanol–water partition coefficient (Wildman–Crippen LogP) is 4.07. The zero-order valence-corrected chi connectivity index (χ0v) is 12.1. The van der Waals surface area contributed by atoms with Crippen LogP contribution >= 0.6 is 0 Å². The quantitative estimate of drug-likeness (QED) is 0.864. The van der Waals surface area contributed by atoms with Gasteiger partial charge in [-0.1, -0.05) is 32.0 Å². The number of hydrogen-bond donors (Lipinski definition) is 1. The van der Waals surface area contributed by atoms with E-state index in [1.54, 1.807) is 0 Å². The molecule has 1 heterocycles. The van der Waals surface area contributed by atoms with Gasteiger partial charge in [-0.25, -0.2) is 0 Å². The normalized spacial score (nSPS) is 26.5. The van der Waals surface area contributed by atoms with Gasteiger partial charge < -0.3 is 10.1 Å². The molecule has 104 valence electrons. The van der Waals surface area contributed by atoms with E-state index in [1.165, 1.54) is 31.2 Å². The Morgan fingerprint density at radius 3 is 2.63 bits per heavy atom. The Balaban J connectivity index is 1.65. The lowest BCUT2D eigenvalue weighted by atomic mass is 9.75. The van der Waals surface area contributed by atoms with Crippen LogP contribution in [0.3, 0.4) is 0 Å². The highest BCUT2D eigenvalue weighted by Gasteiger charge is 2.29. The van der Waals surface area contributed by atoms with Crippen molar-refractivity contribution in [3.05, 3.63) is 29.8 Å². The Kier molecular flexibility index (Phi) is 3.53. The Bertz CT molecular complexity index is 431. The molecule has 3 rings (SSSR count). The van der Waals surface area contributed by atoms with Crippen LogP contribution in [0.4, 0.5) is 0 Å². The van der Waals surface area contributed by atoms with Gasteiger partial charge in [0.2, 0.25) is 0 Å². The number of para-hydroxylation sites is 1. The second-order valence-corrected chi connectivity index (χ2v) is 6.83. The molecular formula is C17H25NO. The fraction of sp³-hybridized carbons (Fsp3) is 0.647. The third kappa shape index (κ3) is 2.94. The molecule has 0 amide bonds. The van der Waals surface area contributed by atoms with Gasteiger partial charge in [-0.2, -0.15) is 0 Å². The van der Waals surface area contributed by atoms with Crippen molar-refractivity contribution in [2.45, 2.75) is 58.0 Å². The van der Waals surface area contributed by atoms with Gasteiger partial charge in [-0.3, -0.25) is 0 Å². The summed E-state index contributed by atoms with van der Waals surface area (Å²) in [6.07, 6.45) is 6.40. The first-order chi connectivity index (χ1) is 9.14. The second-order valence-electron chi connectivity index (χ2n) is 6.83. The lowest BCUT2D eigenvalue weighted by molar-refractivity contribution is 0.182. The Labute approximate surface area is 116 Å². The van der Waals surface area contributed by atoms with Gasteiger partial charge in [0.15, 0.2) is 0 Å². The SMILES string of the molecule is CC1(C)CCC(NC2CCOc3ccccc32)CC1. The molecule has 2 nitrogen and oxygen atoms in total. The van der Waals surface area contributed by atoms with E-state index in [0.29, 0.717) is 17.5 Å². The van der Waals surface area contributed by atoms with E-state index in [2.05, 4.69) is 43.4 Å². The summed E-state index contributed by atoms with van der Waals surface area (Å²) in [6.45, 7) is 5.63. The Hall–Kier alpha value is -1.02. The van der Waals surface area contributed by atoms with Crippen LogP contribution in [-0.4, -0.2) is 12.6 Å². The van der Waals surface area contributed by atoms with Crippen LogP contribution in [0.25, 0.3) is 0 Å². The van der Waals surface area contributed by atoms with Crippen molar-refractivity contribution >= 4 is 0 Å². The summed E-state index contributed by atoms with van der Waals surface area (Å²) in [4.78, 5) is 0. The molecule has 0 radical (unpaired) electrons. The van der Waals surface area contributed by atoms with Crippen LogP contribution in [0.1, 0.15) is 57.6 Å². The number of benzene rings is 1. The standard InChI is InChI=1S/C17H25NO/c1-17(2)10-7-13(8-11-17)18-15-9-12-19-16-6-4-3-5-14(15)16/h3-6,13,15,18H,7-12H2,1-2H3. The third-order valence-corrected chi connectivity index (χ3v) is 4.73. The molecule has 0 bridgehead atoms. The number of rotatable bonds is 2. The van der Waals surface area contributed by atoms with E-state index in [4.69, 9.17) is 4.74 Å². The Morgan fingerprint density at radius 2 is 1.84 bits per heavy atom. The molecule has 1 fully saturated rings. The molecule has 1 aromatic carbocycles. The first-order valence-corrected chi connectivity index (χ1v) is 7.62. The van der Waals surface area contributed by atoms with Gasteiger partial charge in [0.1, 0.15) is 5.75 Å². The second kappa shape index (κ2) is 5.16. The van der Waals surface area contributed by atoms with Crippen molar-refractivity contribution in [2.75, 3.05) is 6.61 Å². The summed E-state index contributed by atoms with van der Waals surface area (Å²) in [7, 11) is 0. The molecule has 0 saturated heterocycles. The number of ether oxygens (including phenoxy) is 1. The van der Waals surface area contributed by atoms with Crippen LogP contribution in [0.15, 0.2) is 24.3 Å². The molecule has 1 N–H and O–H groups in total. The molecule has 1 unspecified atom stereocenters. The molecular weight excluding hydrogens is 234 g/mol. The highest BCUT2D eigenvalue weighted by Crippen LogP contribution is 2.37. The summed E-state index contributed by atoms with van der Waals surface area (Å²) >= 11 is 0. The number of hydrogen-bond acceptors (Lipinski definition) is 2. The maximum Gasteiger partial charge on any atom is 0.124 e. The van der Waals surface area contributed by atoms with Crippen molar-refractivity contribution in [1.29, 1.82) is 0 Å². The fourth-order valence-corrected chi connectivity index (χ4v) is 3.37. The summed E-state index contributed by atoms with van der Waals surface area (Å²) in [6, 6.07) is 9.64. The molecule has 1 saturated carbocycles. The van der Waals surface area contributed by atoms with Crippen molar-refractivity contribution < 1.29 is 4.74 Å². The first-order valence-electron chi connectivity index (χ1n) is 7.62. The molecule has 0 spiro atoms. The van der Waals surface area contributed by atoms with Crippen molar-refractivity contribution in [1.82, 2.24) is 5.32 Å². The van der Waals surface area contributed by atoms with E-state index >= 15 is 0 Å². The molecule has 1 aromatic rings. The van der Waals surface area contributed by atoms with E-state index in [9.17, 15) is 0 Å². The number of fused-ring (bicyclic) bond motifs is 1. The summed E-state index contributed by atoms with van der Waals surface area (Å²) in [5.74, 6) is 1.07. The minimum absolute atomic E-state index is 0.483. The number of nitrogens with one attached hydrogen (secondary N) is 1. The minimum Gasteiger partial charge on any atom is -0.493 e. The fourth-order valence-electron chi connectivity index (χ4n) is 3.37. The van der Waals surface area contributed by atoms with Crippen molar-refractivity contribution in [2.24, 2.45) is 5.41 Å². The van der Waals surface area contributed by atoms with E-state index in [1.807, 2.05) is 0 Å². The molecule has 1 atom stereocenters. The molecule has 0 aromatic heterocycles. The lowest BCUT2D eigenvalue weighted by Crippen LogP contribution is -2.39. The summed E-state index contributed by atoms with van der Waals surface area (Å²) < 4.78 is 5.74. The minimum atomic E-state index is 0.483. The largest absolute Gasteiger partial charge is 0.493 e. The smallest absolute Gasteiger partial charge is 0.124 e. The maximum absolute atomic E-state index is 5.74. The van der Waals surface area contributed by atoms with E-state index in [-0.39, 0.29) is 0 Å². The zero-order chi connectivity index (χ0) is 13.3. The van der Waals surface area contributed by atoms with Crippen molar-refractivity contribution in [3.8, 4) is 5.75 Å². The van der Waals surface area contributed by atoms with Gasteiger partial charge >= 0.3 is 0 Å². The topological polar surface area (TPSA) is 21.3 Å². The Morgan fingerprint density at radius 1 is 1.11 bits per heavy atom. The van der Waals surface area contributed by atoms with Crippen LogP contribution in [0.5, 0.6) is 5.75 Å². The van der Waals surface area contributed by atoms with Crippen LogP contribution in [0, 0.1) is 5.41 Å². The average Bonchev–Trinajstić information content (AvgIpc) is 2.42. The molecule has 1 aliphatic carbocycles. The van der Waals surface area contributed by atoms with Gasteiger partial charge in [0.25, 0.3) is 0 Å². The van der Waals surface area contributed by atoms with Crippen molar-refractivity contribution in [3.63, 3.8) is 0 Å². The summed E-state index contributed by atoms with van der Waals surface area (Å²) in [5, 5.41) is 3.87. The molecule has 19 heavy (non-hydrogen) atoms. The first kappa shape index (κ1) is 13.0.